The molecule has 0 aromatic heterocycles. The van der Waals surface area contributed by atoms with Crippen LogP contribution in [0.5, 0.6) is 0 Å². The number of rotatable bonds is 3. The number of urea groups is 1. The van der Waals surface area contributed by atoms with Crippen molar-refractivity contribution in [3.8, 4) is 0 Å². The third-order valence-electron chi connectivity index (χ3n) is 4.87. The number of nitrogens with one attached hydrogen (secondary N) is 2. The van der Waals surface area contributed by atoms with E-state index >= 15 is 0 Å². The van der Waals surface area contributed by atoms with Gasteiger partial charge >= 0.3 is 23.8 Å². The van der Waals surface area contributed by atoms with Crippen LogP contribution in [0.4, 0.5) is 4.79 Å². The third-order valence-corrected chi connectivity index (χ3v) is 4.87. The van der Waals surface area contributed by atoms with Gasteiger partial charge in [-0.05, 0) is 31.3 Å². The number of aliphatic imine (C=N–C) groups is 1. The molecule has 0 saturated heterocycles. The Morgan fingerprint density at radius 2 is 2.07 bits per heavy atom. The van der Waals surface area contributed by atoms with E-state index in [1.807, 2.05) is 0 Å². The average molecular weight is 372 g/mol. The Balaban J connectivity index is 1.62. The number of imide groups is 1. The summed E-state index contributed by atoms with van der Waals surface area (Å²) in [7, 11) is 2.91. The number of amidine groups is 1. The summed E-state index contributed by atoms with van der Waals surface area (Å²) < 4.78 is 1.28. The van der Waals surface area contributed by atoms with Crippen molar-refractivity contribution in [1.82, 2.24) is 15.5 Å². The third kappa shape index (κ3) is 3.86. The number of fused-ring (bicyclic) bond motifs is 1. The summed E-state index contributed by atoms with van der Waals surface area (Å²) in [6.45, 7) is 0.445. The van der Waals surface area contributed by atoms with Gasteiger partial charge in [-0.1, -0.05) is 12.2 Å². The molecular formula is C18H22N5O4+. The second kappa shape index (κ2) is 7.65. The summed E-state index contributed by atoms with van der Waals surface area (Å²) >= 11 is 0. The van der Waals surface area contributed by atoms with Gasteiger partial charge in [-0.2, -0.15) is 9.48 Å². The smallest absolute Gasteiger partial charge is 0.348 e. The van der Waals surface area contributed by atoms with Gasteiger partial charge in [-0.3, -0.25) is 14.4 Å². The van der Waals surface area contributed by atoms with Crippen LogP contribution in [-0.2, 0) is 14.4 Å². The highest BCUT2D eigenvalue weighted by Gasteiger charge is 2.44. The number of hydrogen-bond donors (Lipinski definition) is 2. The fourth-order valence-electron chi connectivity index (χ4n) is 3.24. The Bertz CT molecular complexity index is 824. The molecule has 2 heterocycles. The van der Waals surface area contributed by atoms with E-state index < -0.39 is 29.7 Å². The van der Waals surface area contributed by atoms with Crippen LogP contribution in [-0.4, -0.2) is 65.9 Å². The van der Waals surface area contributed by atoms with Crippen molar-refractivity contribution in [2.24, 2.45) is 16.8 Å². The Morgan fingerprint density at radius 3 is 2.78 bits per heavy atom. The van der Waals surface area contributed by atoms with E-state index in [0.29, 0.717) is 12.5 Å². The first-order chi connectivity index (χ1) is 12.9. The van der Waals surface area contributed by atoms with Crippen LogP contribution in [0, 0.1) is 11.8 Å². The molecule has 9 nitrogen and oxygen atoms in total. The lowest BCUT2D eigenvalue weighted by molar-refractivity contribution is -0.407. The monoisotopic (exact) mass is 372 g/mol. The first-order valence-corrected chi connectivity index (χ1v) is 8.80. The van der Waals surface area contributed by atoms with E-state index in [9.17, 15) is 19.2 Å². The molecule has 0 bridgehead atoms. The molecule has 27 heavy (non-hydrogen) atoms. The van der Waals surface area contributed by atoms with Gasteiger partial charge in [0.2, 0.25) is 0 Å². The second-order valence-electron chi connectivity index (χ2n) is 6.77. The van der Waals surface area contributed by atoms with Crippen molar-refractivity contribution in [2.45, 2.75) is 19.3 Å². The van der Waals surface area contributed by atoms with Crippen molar-refractivity contribution >= 4 is 35.8 Å². The van der Waals surface area contributed by atoms with E-state index in [1.54, 1.807) is 0 Å². The van der Waals surface area contributed by atoms with E-state index in [1.165, 1.54) is 31.0 Å². The first-order valence-electron chi connectivity index (χ1n) is 8.80. The molecule has 0 radical (unpaired) electrons. The van der Waals surface area contributed by atoms with Gasteiger partial charge in [0.15, 0.2) is 5.92 Å². The summed E-state index contributed by atoms with van der Waals surface area (Å²) in [5.41, 5.74) is 0.244. The van der Waals surface area contributed by atoms with Crippen LogP contribution in [0.2, 0.25) is 0 Å². The number of carbonyl (C=O) groups excluding carboxylic acids is 4. The van der Waals surface area contributed by atoms with Crippen molar-refractivity contribution < 1.29 is 23.8 Å². The molecule has 5 amide bonds. The van der Waals surface area contributed by atoms with Gasteiger partial charge in [0.25, 0.3) is 5.84 Å². The van der Waals surface area contributed by atoms with Crippen molar-refractivity contribution in [3.63, 3.8) is 0 Å². The molecule has 0 aromatic rings. The largest absolute Gasteiger partial charge is 0.445 e. The zero-order valence-electron chi connectivity index (χ0n) is 15.3. The minimum atomic E-state index is -0.816. The molecule has 2 N–H and O–H groups in total. The molecular weight excluding hydrogens is 350 g/mol. The quantitative estimate of drug-likeness (QED) is 0.406. The maximum Gasteiger partial charge on any atom is 0.445 e. The minimum absolute atomic E-state index is 0.244. The molecule has 0 spiro atoms. The predicted octanol–water partition coefficient (Wildman–Crippen LogP) is -0.208. The van der Waals surface area contributed by atoms with Gasteiger partial charge in [0.1, 0.15) is 6.21 Å². The maximum atomic E-state index is 12.3. The highest BCUT2D eigenvalue weighted by molar-refractivity contribution is 6.36. The fraction of sp³-hybridized carbons (Fsp3) is 0.444. The van der Waals surface area contributed by atoms with Crippen LogP contribution in [0.15, 0.2) is 28.9 Å². The number of hydrogen-bond acceptors (Lipinski definition) is 5. The van der Waals surface area contributed by atoms with Gasteiger partial charge in [0, 0.05) is 6.54 Å². The molecule has 0 aromatic carbocycles. The summed E-state index contributed by atoms with van der Waals surface area (Å²) in [5.74, 6) is -2.14. The molecule has 2 aliphatic heterocycles. The lowest BCUT2D eigenvalue weighted by Gasteiger charge is -2.23. The van der Waals surface area contributed by atoms with Crippen molar-refractivity contribution in [1.29, 1.82) is 0 Å². The van der Waals surface area contributed by atoms with Gasteiger partial charge in [-0.25, -0.2) is 4.79 Å². The molecule has 0 fully saturated rings. The number of nitrogens with zero attached hydrogens (tertiary/aromatic N) is 3. The normalized spacial score (nSPS) is 24.5. The van der Waals surface area contributed by atoms with E-state index in [-0.39, 0.29) is 11.5 Å². The standard InChI is InChI=1S/C18H21N5O4/c1-22-14-13(17(26)23(2)18(22)27)8-12(10-19-14)21-16(25)15(24)20-9-11-6-4-3-5-7-11/h3-4,8,10-11,13H,5-7,9H2,1-2H3,(H-,20,21,24,25)/p+1. The van der Waals surface area contributed by atoms with Gasteiger partial charge in [-0.15, -0.1) is 4.99 Å². The van der Waals surface area contributed by atoms with Gasteiger partial charge in [0.05, 0.1) is 19.8 Å². The zero-order chi connectivity index (χ0) is 19.6. The minimum Gasteiger partial charge on any atom is -0.348 e. The molecule has 9 heteroatoms. The van der Waals surface area contributed by atoms with Crippen LogP contribution >= 0.6 is 0 Å². The Morgan fingerprint density at radius 1 is 1.30 bits per heavy atom. The Hall–Kier alpha value is -3.10. The molecule has 3 rings (SSSR count). The summed E-state index contributed by atoms with van der Waals surface area (Å²) in [6, 6.07) is -0.471. The lowest BCUT2D eigenvalue weighted by Crippen LogP contribution is -2.52. The highest BCUT2D eigenvalue weighted by Crippen LogP contribution is 2.19. The average Bonchev–Trinajstić information content (AvgIpc) is 2.69. The number of carbonyl (C=O) groups is 4. The predicted molar refractivity (Wildman–Crippen MR) is 97.1 cm³/mol. The van der Waals surface area contributed by atoms with E-state index in [0.717, 1.165) is 24.2 Å². The molecule has 0 saturated carbocycles. The van der Waals surface area contributed by atoms with Crippen LogP contribution in [0.25, 0.3) is 0 Å². The SMILES string of the molecule is CN1C(=O)C2C=C(NC(=O)C(=O)NCC3CC=CCC3)C=NC2=[N+](C)C1=O. The molecule has 3 aliphatic rings. The summed E-state index contributed by atoms with van der Waals surface area (Å²) in [6.07, 6.45) is 9.86. The Kier molecular flexibility index (Phi) is 5.29. The molecule has 1 aliphatic carbocycles. The molecule has 2 unspecified atom stereocenters. The lowest BCUT2D eigenvalue weighted by atomic mass is 9.94. The number of amides is 5. The first kappa shape index (κ1) is 18.7. The van der Waals surface area contributed by atoms with Crippen LogP contribution < -0.4 is 10.6 Å². The van der Waals surface area contributed by atoms with Crippen molar-refractivity contribution in [2.75, 3.05) is 20.6 Å². The second-order valence-corrected chi connectivity index (χ2v) is 6.77. The highest BCUT2D eigenvalue weighted by atomic mass is 16.2. The maximum absolute atomic E-state index is 12.3. The Labute approximate surface area is 156 Å². The number of allylic oxidation sites excluding steroid dienone is 3. The topological polar surface area (TPSA) is 111 Å². The molecule has 142 valence electrons. The van der Waals surface area contributed by atoms with E-state index in [4.69, 9.17) is 0 Å². The summed E-state index contributed by atoms with van der Waals surface area (Å²) in [5, 5.41) is 5.10. The van der Waals surface area contributed by atoms with Crippen LogP contribution in [0.1, 0.15) is 19.3 Å². The van der Waals surface area contributed by atoms with Crippen molar-refractivity contribution in [3.05, 3.63) is 23.9 Å². The van der Waals surface area contributed by atoms with Gasteiger partial charge < -0.3 is 10.6 Å². The zero-order valence-corrected chi connectivity index (χ0v) is 15.3. The van der Waals surface area contributed by atoms with E-state index in [2.05, 4.69) is 27.8 Å². The fourth-order valence-corrected chi connectivity index (χ4v) is 3.24. The number of dihydropyridines is 1. The molecule has 2 atom stereocenters. The van der Waals surface area contributed by atoms with Crippen LogP contribution in [0.3, 0.4) is 0 Å². The summed E-state index contributed by atoms with van der Waals surface area (Å²) in [4.78, 5) is 53.4.